The lowest BCUT2D eigenvalue weighted by atomic mass is 9.94. The molecule has 1 heterocycles. The fraction of sp³-hybridized carbons (Fsp3) is 0.600. The number of rotatable bonds is 4. The number of halogens is 1. The number of esters is 1. The number of ether oxygens (including phenoxy) is 2. The number of aromatic nitrogens is 1. The topological polar surface area (TPSA) is 48.4 Å². The predicted octanol–water partition coefficient (Wildman–Crippen LogP) is 3.90. The van der Waals surface area contributed by atoms with Crippen LogP contribution in [0.15, 0.2) is 16.7 Å². The number of hydrogen-bond acceptors (Lipinski definition) is 4. The third kappa shape index (κ3) is 5.12. The van der Waals surface area contributed by atoms with Crippen LogP contribution in [0, 0.1) is 12.3 Å². The first-order valence-corrected chi connectivity index (χ1v) is 7.29. The molecular weight excluding hydrogens is 322 g/mol. The van der Waals surface area contributed by atoms with Crippen molar-refractivity contribution in [3.8, 4) is 5.88 Å². The van der Waals surface area contributed by atoms with Crippen molar-refractivity contribution in [3.05, 3.63) is 22.3 Å². The molecule has 0 N–H and O–H groups in total. The third-order valence-corrected chi connectivity index (χ3v) is 3.38. The zero-order valence-corrected chi connectivity index (χ0v) is 14.5. The van der Waals surface area contributed by atoms with Crippen LogP contribution in [0.4, 0.5) is 0 Å². The standard InChI is InChI=1S/C15H22BrNO3/c1-10-7-12(17-8-11(10)16)19-9-15(5,6)13(18)20-14(2,3)4/h7-8H,9H2,1-6H3. The summed E-state index contributed by atoms with van der Waals surface area (Å²) in [7, 11) is 0. The van der Waals surface area contributed by atoms with E-state index >= 15 is 0 Å². The molecule has 0 unspecified atom stereocenters. The largest absolute Gasteiger partial charge is 0.476 e. The Morgan fingerprint density at radius 2 is 1.90 bits per heavy atom. The summed E-state index contributed by atoms with van der Waals surface area (Å²) in [6.07, 6.45) is 1.69. The maximum Gasteiger partial charge on any atom is 0.315 e. The van der Waals surface area contributed by atoms with E-state index in [9.17, 15) is 4.79 Å². The first kappa shape index (κ1) is 17.0. The van der Waals surface area contributed by atoms with Crippen LogP contribution in [0.5, 0.6) is 5.88 Å². The molecular formula is C15H22BrNO3. The van der Waals surface area contributed by atoms with E-state index in [0.717, 1.165) is 10.0 Å². The summed E-state index contributed by atoms with van der Waals surface area (Å²) in [5.74, 6) is 0.223. The summed E-state index contributed by atoms with van der Waals surface area (Å²) in [6, 6.07) is 1.83. The van der Waals surface area contributed by atoms with Gasteiger partial charge in [0.05, 0.1) is 5.41 Å². The molecule has 0 aliphatic rings. The molecule has 5 heteroatoms. The average Bonchev–Trinajstić information content (AvgIpc) is 2.28. The van der Waals surface area contributed by atoms with Gasteiger partial charge < -0.3 is 9.47 Å². The van der Waals surface area contributed by atoms with Crippen LogP contribution in [0.3, 0.4) is 0 Å². The molecule has 0 fully saturated rings. The molecule has 0 aromatic carbocycles. The summed E-state index contributed by atoms with van der Waals surface area (Å²) in [5, 5.41) is 0. The lowest BCUT2D eigenvalue weighted by molar-refractivity contribution is -0.167. The van der Waals surface area contributed by atoms with E-state index in [1.54, 1.807) is 20.0 Å². The lowest BCUT2D eigenvalue weighted by Gasteiger charge is -2.28. The molecule has 0 aliphatic heterocycles. The Kier molecular flexibility index (Phi) is 5.19. The van der Waals surface area contributed by atoms with Crippen LogP contribution in [-0.4, -0.2) is 23.2 Å². The quantitative estimate of drug-likeness (QED) is 0.778. The number of nitrogens with zero attached hydrogens (tertiary/aromatic N) is 1. The predicted molar refractivity (Wildman–Crippen MR) is 81.8 cm³/mol. The van der Waals surface area contributed by atoms with Crippen LogP contribution in [0.25, 0.3) is 0 Å². The molecule has 0 atom stereocenters. The molecule has 4 nitrogen and oxygen atoms in total. The van der Waals surface area contributed by atoms with E-state index in [1.807, 2.05) is 33.8 Å². The molecule has 0 aliphatic carbocycles. The Morgan fingerprint density at radius 1 is 1.30 bits per heavy atom. The first-order valence-electron chi connectivity index (χ1n) is 6.50. The monoisotopic (exact) mass is 343 g/mol. The summed E-state index contributed by atoms with van der Waals surface area (Å²) in [4.78, 5) is 16.2. The van der Waals surface area contributed by atoms with Crippen molar-refractivity contribution in [1.29, 1.82) is 0 Å². The zero-order valence-electron chi connectivity index (χ0n) is 12.9. The van der Waals surface area contributed by atoms with Gasteiger partial charge in [-0.25, -0.2) is 4.98 Å². The van der Waals surface area contributed by atoms with E-state index in [1.165, 1.54) is 0 Å². The van der Waals surface area contributed by atoms with Crippen molar-refractivity contribution in [2.24, 2.45) is 5.41 Å². The molecule has 0 bridgehead atoms. The van der Waals surface area contributed by atoms with E-state index < -0.39 is 11.0 Å². The SMILES string of the molecule is Cc1cc(OCC(C)(C)C(=O)OC(C)(C)C)ncc1Br. The highest BCUT2D eigenvalue weighted by Crippen LogP contribution is 2.24. The molecule has 1 rings (SSSR count). The van der Waals surface area contributed by atoms with Gasteiger partial charge in [0.1, 0.15) is 12.2 Å². The highest BCUT2D eigenvalue weighted by Gasteiger charge is 2.33. The second-order valence-electron chi connectivity index (χ2n) is 6.45. The Balaban J connectivity index is 2.67. The van der Waals surface area contributed by atoms with Gasteiger partial charge in [-0.2, -0.15) is 0 Å². The molecule has 20 heavy (non-hydrogen) atoms. The van der Waals surface area contributed by atoms with Crippen molar-refractivity contribution in [2.45, 2.75) is 47.1 Å². The minimum atomic E-state index is -0.726. The van der Waals surface area contributed by atoms with Gasteiger partial charge in [0.25, 0.3) is 0 Å². The zero-order chi connectivity index (χ0) is 15.6. The van der Waals surface area contributed by atoms with Crippen molar-refractivity contribution < 1.29 is 14.3 Å². The summed E-state index contributed by atoms with van der Waals surface area (Å²) < 4.78 is 11.9. The van der Waals surface area contributed by atoms with Crippen molar-refractivity contribution >= 4 is 21.9 Å². The van der Waals surface area contributed by atoms with Gasteiger partial charge in [0.2, 0.25) is 5.88 Å². The van der Waals surface area contributed by atoms with Gasteiger partial charge in [0.15, 0.2) is 0 Å². The fourth-order valence-corrected chi connectivity index (χ4v) is 1.54. The van der Waals surface area contributed by atoms with E-state index in [-0.39, 0.29) is 12.6 Å². The van der Waals surface area contributed by atoms with Gasteiger partial charge in [-0.05, 0) is 63.0 Å². The van der Waals surface area contributed by atoms with Gasteiger partial charge >= 0.3 is 5.97 Å². The minimum Gasteiger partial charge on any atom is -0.476 e. The van der Waals surface area contributed by atoms with Gasteiger partial charge in [-0.1, -0.05) is 0 Å². The van der Waals surface area contributed by atoms with Gasteiger partial charge in [-0.3, -0.25) is 4.79 Å². The van der Waals surface area contributed by atoms with Crippen molar-refractivity contribution in [2.75, 3.05) is 6.61 Å². The molecule has 1 aromatic heterocycles. The summed E-state index contributed by atoms with van der Waals surface area (Å²) in [6.45, 7) is 11.3. The van der Waals surface area contributed by atoms with Crippen LogP contribution >= 0.6 is 15.9 Å². The normalized spacial score (nSPS) is 12.2. The number of carbonyl (C=O) groups excluding carboxylic acids is 1. The highest BCUT2D eigenvalue weighted by atomic mass is 79.9. The number of aryl methyl sites for hydroxylation is 1. The first-order chi connectivity index (χ1) is 9.01. The maximum absolute atomic E-state index is 12.1. The minimum absolute atomic E-state index is 0.218. The maximum atomic E-state index is 12.1. The molecule has 0 amide bonds. The van der Waals surface area contributed by atoms with E-state index in [2.05, 4.69) is 20.9 Å². The Morgan fingerprint density at radius 3 is 2.40 bits per heavy atom. The fourth-order valence-electron chi connectivity index (χ4n) is 1.32. The number of hydrogen-bond donors (Lipinski definition) is 0. The molecule has 0 saturated carbocycles. The van der Waals surface area contributed by atoms with Crippen molar-refractivity contribution in [3.63, 3.8) is 0 Å². The summed E-state index contributed by atoms with van der Waals surface area (Å²) >= 11 is 3.38. The van der Waals surface area contributed by atoms with Gasteiger partial charge in [0, 0.05) is 16.7 Å². The molecule has 0 radical (unpaired) electrons. The number of pyridine rings is 1. The smallest absolute Gasteiger partial charge is 0.315 e. The lowest BCUT2D eigenvalue weighted by Crippen LogP contribution is -2.37. The third-order valence-electron chi connectivity index (χ3n) is 2.55. The summed E-state index contributed by atoms with van der Waals surface area (Å²) in [5.41, 5.74) is -0.193. The highest BCUT2D eigenvalue weighted by molar-refractivity contribution is 9.10. The second kappa shape index (κ2) is 6.12. The molecule has 0 spiro atoms. The van der Waals surface area contributed by atoms with Crippen LogP contribution in [-0.2, 0) is 9.53 Å². The van der Waals surface area contributed by atoms with Crippen LogP contribution in [0.2, 0.25) is 0 Å². The average molecular weight is 344 g/mol. The Bertz CT molecular complexity index is 492. The Labute approximate surface area is 129 Å². The van der Waals surface area contributed by atoms with E-state index in [0.29, 0.717) is 5.88 Å². The van der Waals surface area contributed by atoms with Gasteiger partial charge in [-0.15, -0.1) is 0 Å². The van der Waals surface area contributed by atoms with Crippen LogP contribution in [0.1, 0.15) is 40.2 Å². The van der Waals surface area contributed by atoms with Crippen molar-refractivity contribution in [1.82, 2.24) is 4.98 Å². The molecule has 112 valence electrons. The van der Waals surface area contributed by atoms with Crippen LogP contribution < -0.4 is 4.74 Å². The number of carbonyl (C=O) groups is 1. The van der Waals surface area contributed by atoms with E-state index in [4.69, 9.17) is 9.47 Å². The molecule has 1 aromatic rings. The Hall–Kier alpha value is -1.10. The second-order valence-corrected chi connectivity index (χ2v) is 7.30. The molecule has 0 saturated heterocycles.